The van der Waals surface area contributed by atoms with Crippen LogP contribution in [0.1, 0.15) is 11.3 Å². The fourth-order valence-corrected chi connectivity index (χ4v) is 3.59. The quantitative estimate of drug-likeness (QED) is 0.832. The number of aliphatic hydroxyl groups is 1. The number of hydrogen-bond donors (Lipinski definition) is 2. The largest absolute Gasteiger partial charge is 0.450 e. The number of hydrogen-bond acceptors (Lipinski definition) is 4. The Hall–Kier alpha value is -1.29. The summed E-state index contributed by atoms with van der Waals surface area (Å²) in [6, 6.07) is 3.89. The zero-order valence-corrected chi connectivity index (χ0v) is 12.8. The van der Waals surface area contributed by atoms with E-state index in [9.17, 15) is 17.2 Å². The fourth-order valence-electron chi connectivity index (χ4n) is 1.59. The Morgan fingerprint density at radius 3 is 2.62 bits per heavy atom. The molecule has 0 aliphatic carbocycles. The zero-order valence-electron chi connectivity index (χ0n) is 10.4. The van der Waals surface area contributed by atoms with Gasteiger partial charge in [0.2, 0.25) is 10.0 Å². The van der Waals surface area contributed by atoms with Gasteiger partial charge >= 0.3 is 0 Å². The molecule has 0 aliphatic rings. The monoisotopic (exact) mass is 381 g/mol. The topological polar surface area (TPSA) is 79.5 Å². The molecule has 0 amide bonds. The van der Waals surface area contributed by atoms with Gasteiger partial charge in [-0.2, -0.15) is 0 Å². The molecule has 2 aromatic rings. The summed E-state index contributed by atoms with van der Waals surface area (Å²) in [6.45, 7) is -0.884. The van der Waals surface area contributed by atoms with Gasteiger partial charge in [0.05, 0.1) is 0 Å². The molecule has 2 rings (SSSR count). The first-order valence-corrected chi connectivity index (χ1v) is 7.94. The number of aliphatic hydroxyl groups excluding tert-OH is 1. The minimum Gasteiger partial charge on any atom is -0.450 e. The van der Waals surface area contributed by atoms with E-state index in [1.165, 1.54) is 0 Å². The number of halogens is 3. The highest BCUT2D eigenvalue weighted by Crippen LogP contribution is 2.26. The Morgan fingerprint density at radius 1 is 1.29 bits per heavy atom. The highest BCUT2D eigenvalue weighted by molar-refractivity contribution is 9.10. The molecule has 21 heavy (non-hydrogen) atoms. The van der Waals surface area contributed by atoms with E-state index in [-0.39, 0.29) is 20.9 Å². The van der Waals surface area contributed by atoms with Crippen molar-refractivity contribution in [1.82, 2.24) is 4.72 Å². The molecule has 9 heteroatoms. The van der Waals surface area contributed by atoms with Crippen molar-refractivity contribution in [3.05, 3.63) is 51.9 Å². The minimum atomic E-state index is -4.00. The van der Waals surface area contributed by atoms with Crippen molar-refractivity contribution < 1.29 is 26.7 Å². The fraction of sp³-hybridized carbons (Fsp3) is 0.167. The van der Waals surface area contributed by atoms with Crippen LogP contribution in [0.2, 0.25) is 0 Å². The average Bonchev–Trinajstić information content (AvgIpc) is 2.82. The van der Waals surface area contributed by atoms with Crippen molar-refractivity contribution in [3.8, 4) is 0 Å². The highest BCUT2D eigenvalue weighted by atomic mass is 79.9. The zero-order chi connectivity index (χ0) is 15.6. The highest BCUT2D eigenvalue weighted by Gasteiger charge is 2.22. The second kappa shape index (κ2) is 6.22. The van der Waals surface area contributed by atoms with E-state index in [4.69, 9.17) is 9.52 Å². The SMILES string of the molecule is O=S(=O)(NCc1cc(F)ccc1F)c1cc(CO)oc1Br. The van der Waals surface area contributed by atoms with Crippen molar-refractivity contribution in [1.29, 1.82) is 0 Å². The molecule has 0 saturated carbocycles. The van der Waals surface area contributed by atoms with Gasteiger partial charge in [0.1, 0.15) is 28.9 Å². The van der Waals surface area contributed by atoms with Crippen molar-refractivity contribution in [3.63, 3.8) is 0 Å². The predicted octanol–water partition coefficient (Wildman–Crippen LogP) is 2.29. The van der Waals surface area contributed by atoms with Gasteiger partial charge < -0.3 is 9.52 Å². The van der Waals surface area contributed by atoms with Gasteiger partial charge in [0.25, 0.3) is 0 Å². The molecule has 1 heterocycles. The summed E-state index contributed by atoms with van der Waals surface area (Å²) < 4.78 is 57.5. The number of nitrogens with one attached hydrogen (secondary N) is 1. The Bertz CT molecular complexity index is 761. The van der Waals surface area contributed by atoms with Crippen LogP contribution in [0.3, 0.4) is 0 Å². The molecule has 1 aromatic carbocycles. The summed E-state index contributed by atoms with van der Waals surface area (Å²) in [5, 5.41) is 8.89. The van der Waals surface area contributed by atoms with Crippen LogP contribution in [0.15, 0.2) is 38.2 Å². The van der Waals surface area contributed by atoms with Gasteiger partial charge in [-0.05, 0) is 34.1 Å². The molecule has 0 aliphatic heterocycles. The summed E-state index contributed by atoms with van der Waals surface area (Å²) in [4.78, 5) is -0.233. The van der Waals surface area contributed by atoms with E-state index in [1.807, 2.05) is 0 Å². The number of benzene rings is 1. The lowest BCUT2D eigenvalue weighted by atomic mass is 10.2. The van der Waals surface area contributed by atoms with Gasteiger partial charge in [0.15, 0.2) is 4.67 Å². The van der Waals surface area contributed by atoms with Gasteiger partial charge in [0, 0.05) is 18.2 Å². The predicted molar refractivity (Wildman–Crippen MR) is 72.7 cm³/mol. The summed E-state index contributed by atoms with van der Waals surface area (Å²) in [5.74, 6) is -1.33. The van der Waals surface area contributed by atoms with E-state index >= 15 is 0 Å². The van der Waals surface area contributed by atoms with Crippen molar-refractivity contribution in [2.75, 3.05) is 0 Å². The second-order valence-corrected chi connectivity index (χ2v) is 6.52. The van der Waals surface area contributed by atoms with Crippen LogP contribution in [-0.2, 0) is 23.2 Å². The Balaban J connectivity index is 2.21. The standard InChI is InChI=1S/C12H10BrF2NO4S/c13-12-11(4-9(6-17)20-12)21(18,19)16-5-7-3-8(14)1-2-10(7)15/h1-4,16-17H,5-6H2. The van der Waals surface area contributed by atoms with Crippen LogP contribution in [-0.4, -0.2) is 13.5 Å². The molecular weight excluding hydrogens is 372 g/mol. The summed E-state index contributed by atoms with van der Waals surface area (Å²) in [5.41, 5.74) is -0.124. The smallest absolute Gasteiger partial charge is 0.245 e. The Morgan fingerprint density at radius 2 is 2.00 bits per heavy atom. The molecule has 0 fully saturated rings. The number of sulfonamides is 1. The lowest BCUT2D eigenvalue weighted by Crippen LogP contribution is -2.23. The first-order chi connectivity index (χ1) is 9.83. The van der Waals surface area contributed by atoms with Gasteiger partial charge in [-0.1, -0.05) is 0 Å². The van der Waals surface area contributed by atoms with Crippen LogP contribution in [0.25, 0.3) is 0 Å². The molecule has 0 radical (unpaired) electrons. The van der Waals surface area contributed by atoms with Crippen molar-refractivity contribution >= 4 is 26.0 Å². The van der Waals surface area contributed by atoms with Crippen LogP contribution in [0.4, 0.5) is 8.78 Å². The minimum absolute atomic E-state index is 0.0548. The van der Waals surface area contributed by atoms with Crippen molar-refractivity contribution in [2.24, 2.45) is 0 Å². The maximum atomic E-state index is 13.4. The van der Waals surface area contributed by atoms with Crippen LogP contribution < -0.4 is 4.72 Å². The lowest BCUT2D eigenvalue weighted by Gasteiger charge is -2.06. The van der Waals surface area contributed by atoms with Gasteiger partial charge in [-0.25, -0.2) is 21.9 Å². The van der Waals surface area contributed by atoms with Crippen molar-refractivity contribution in [2.45, 2.75) is 18.0 Å². The van der Waals surface area contributed by atoms with Gasteiger partial charge in [-0.15, -0.1) is 0 Å². The van der Waals surface area contributed by atoms with E-state index in [2.05, 4.69) is 20.7 Å². The molecule has 0 saturated heterocycles. The molecule has 1 aromatic heterocycles. The first kappa shape index (κ1) is 16.1. The molecule has 0 bridgehead atoms. The molecule has 0 atom stereocenters. The molecule has 114 valence electrons. The van der Waals surface area contributed by atoms with Crippen LogP contribution in [0, 0.1) is 11.6 Å². The lowest BCUT2D eigenvalue weighted by molar-refractivity contribution is 0.245. The molecule has 2 N–H and O–H groups in total. The first-order valence-electron chi connectivity index (χ1n) is 5.66. The summed E-state index contributed by atoms with van der Waals surface area (Å²) in [6.07, 6.45) is 0. The van der Waals surface area contributed by atoms with Crippen LogP contribution in [0.5, 0.6) is 0 Å². The third-order valence-corrected chi connectivity index (χ3v) is 4.87. The van der Waals surface area contributed by atoms with E-state index in [0.717, 1.165) is 24.3 Å². The third kappa shape index (κ3) is 3.67. The van der Waals surface area contributed by atoms with E-state index in [1.54, 1.807) is 0 Å². The second-order valence-electron chi connectivity index (χ2n) is 4.07. The third-order valence-electron chi connectivity index (χ3n) is 2.61. The van der Waals surface area contributed by atoms with Crippen LogP contribution >= 0.6 is 15.9 Å². The molecule has 0 spiro atoms. The number of rotatable bonds is 5. The normalized spacial score (nSPS) is 11.8. The maximum absolute atomic E-state index is 13.4. The maximum Gasteiger partial charge on any atom is 0.245 e. The van der Waals surface area contributed by atoms with E-state index in [0.29, 0.717) is 0 Å². The van der Waals surface area contributed by atoms with E-state index < -0.39 is 34.8 Å². The molecule has 5 nitrogen and oxygen atoms in total. The van der Waals surface area contributed by atoms with Gasteiger partial charge in [-0.3, -0.25) is 0 Å². The Labute approximate surface area is 127 Å². The summed E-state index contributed by atoms with van der Waals surface area (Å²) >= 11 is 2.92. The Kier molecular flexibility index (Phi) is 4.77. The summed E-state index contributed by atoms with van der Waals surface area (Å²) in [7, 11) is -4.00. The molecular formula is C12H10BrF2NO4S. The number of furan rings is 1. The molecule has 0 unspecified atom stereocenters. The average molecular weight is 382 g/mol.